The SMILES string of the molecule is CC(C)(C)OC(=O)Cc1ccccc1OCc1cc(NCC2CC2)cc(-c2cccc(CNC(=O)OC(C)(C)C)c2)c1.CO. The summed E-state index contributed by atoms with van der Waals surface area (Å²) in [5, 5.41) is 13.4. The van der Waals surface area contributed by atoms with Crippen LogP contribution < -0.4 is 15.4 Å². The zero-order chi connectivity index (χ0) is 32.3. The molecule has 0 unspecified atom stereocenters. The van der Waals surface area contributed by atoms with Crippen molar-refractivity contribution in [2.45, 2.75) is 85.2 Å². The monoisotopic (exact) mass is 604 g/mol. The number of hydrogen-bond donors (Lipinski definition) is 3. The standard InChI is InChI=1S/C35H44N2O5.CH4O/c1-34(2,3)41-32(38)20-28-11-7-8-13-31(28)40-23-26-17-29(19-30(18-26)36-21-24-14-15-24)27-12-9-10-25(16-27)22-37-33(39)42-35(4,5)6;1-2/h7-13,16-19,24,36H,14-15,20-23H2,1-6H3,(H,37,39);2H,1H3. The summed E-state index contributed by atoms with van der Waals surface area (Å²) in [6, 6.07) is 22.1. The molecular weight excluding hydrogens is 556 g/mol. The average Bonchev–Trinajstić information content (AvgIpc) is 3.79. The second-order valence-corrected chi connectivity index (χ2v) is 13.0. The molecule has 238 valence electrons. The molecule has 0 spiro atoms. The van der Waals surface area contributed by atoms with Crippen LogP contribution in [0.3, 0.4) is 0 Å². The van der Waals surface area contributed by atoms with E-state index in [-0.39, 0.29) is 12.4 Å². The molecule has 0 bridgehead atoms. The fourth-order valence-electron chi connectivity index (χ4n) is 4.46. The first-order valence-electron chi connectivity index (χ1n) is 15.1. The number of carbonyl (C=O) groups excluding carboxylic acids is 2. The molecule has 0 aromatic heterocycles. The van der Waals surface area contributed by atoms with Crippen molar-refractivity contribution in [2.75, 3.05) is 19.0 Å². The van der Waals surface area contributed by atoms with Crippen molar-refractivity contribution in [3.8, 4) is 16.9 Å². The van der Waals surface area contributed by atoms with Crippen LogP contribution in [0.2, 0.25) is 0 Å². The molecule has 0 saturated heterocycles. The number of amides is 1. The maximum atomic E-state index is 12.5. The predicted molar refractivity (Wildman–Crippen MR) is 175 cm³/mol. The van der Waals surface area contributed by atoms with Crippen molar-refractivity contribution in [1.82, 2.24) is 5.32 Å². The van der Waals surface area contributed by atoms with Gasteiger partial charge < -0.3 is 30.0 Å². The van der Waals surface area contributed by atoms with Gasteiger partial charge in [0.2, 0.25) is 0 Å². The van der Waals surface area contributed by atoms with Crippen LogP contribution in [-0.4, -0.2) is 42.0 Å². The van der Waals surface area contributed by atoms with Gasteiger partial charge in [0.25, 0.3) is 0 Å². The fraction of sp³-hybridized carbons (Fsp3) is 0.444. The van der Waals surface area contributed by atoms with E-state index in [0.717, 1.165) is 53.1 Å². The van der Waals surface area contributed by atoms with Gasteiger partial charge >= 0.3 is 12.1 Å². The molecule has 0 radical (unpaired) electrons. The van der Waals surface area contributed by atoms with Crippen molar-refractivity contribution < 1.29 is 28.9 Å². The summed E-state index contributed by atoms with van der Waals surface area (Å²) >= 11 is 0. The smallest absolute Gasteiger partial charge is 0.407 e. The van der Waals surface area contributed by atoms with Crippen LogP contribution in [0.5, 0.6) is 5.75 Å². The van der Waals surface area contributed by atoms with E-state index in [0.29, 0.717) is 18.9 Å². The summed E-state index contributed by atoms with van der Waals surface area (Å²) in [5.74, 6) is 1.11. The van der Waals surface area contributed by atoms with E-state index in [1.807, 2.05) is 77.9 Å². The molecule has 3 N–H and O–H groups in total. The van der Waals surface area contributed by atoms with Gasteiger partial charge in [-0.25, -0.2) is 4.79 Å². The van der Waals surface area contributed by atoms with E-state index in [4.69, 9.17) is 19.3 Å². The molecule has 8 heteroatoms. The molecular formula is C36H48N2O6. The molecule has 1 amide bonds. The Morgan fingerprint density at radius 2 is 1.50 bits per heavy atom. The predicted octanol–water partition coefficient (Wildman–Crippen LogP) is 7.27. The lowest BCUT2D eigenvalue weighted by Crippen LogP contribution is -2.32. The Bertz CT molecular complexity index is 1390. The lowest BCUT2D eigenvalue weighted by Gasteiger charge is -2.20. The molecule has 0 atom stereocenters. The van der Waals surface area contributed by atoms with Crippen LogP contribution >= 0.6 is 0 Å². The third kappa shape index (κ3) is 12.3. The Morgan fingerprint density at radius 3 is 2.18 bits per heavy atom. The quantitative estimate of drug-likeness (QED) is 0.198. The molecule has 1 saturated carbocycles. The van der Waals surface area contributed by atoms with Gasteiger partial charge in [0.15, 0.2) is 0 Å². The topological polar surface area (TPSA) is 106 Å². The van der Waals surface area contributed by atoms with Crippen molar-refractivity contribution >= 4 is 17.7 Å². The maximum absolute atomic E-state index is 12.5. The van der Waals surface area contributed by atoms with Crippen LogP contribution in [0.15, 0.2) is 66.7 Å². The lowest BCUT2D eigenvalue weighted by atomic mass is 10.00. The molecule has 8 nitrogen and oxygen atoms in total. The molecule has 3 aromatic carbocycles. The molecule has 4 rings (SSSR count). The van der Waals surface area contributed by atoms with Crippen LogP contribution in [-0.2, 0) is 33.8 Å². The van der Waals surface area contributed by atoms with Crippen LogP contribution in [0.1, 0.15) is 71.1 Å². The fourth-order valence-corrected chi connectivity index (χ4v) is 4.46. The van der Waals surface area contributed by atoms with E-state index in [2.05, 4.69) is 41.0 Å². The van der Waals surface area contributed by atoms with Crippen molar-refractivity contribution in [3.05, 3.63) is 83.4 Å². The number of nitrogens with one attached hydrogen (secondary N) is 2. The van der Waals surface area contributed by atoms with E-state index in [9.17, 15) is 9.59 Å². The number of hydrogen-bond acceptors (Lipinski definition) is 7. The molecule has 0 heterocycles. The first-order chi connectivity index (χ1) is 20.8. The van der Waals surface area contributed by atoms with Gasteiger partial charge in [-0.15, -0.1) is 0 Å². The van der Waals surface area contributed by atoms with E-state index < -0.39 is 17.3 Å². The Morgan fingerprint density at radius 1 is 0.818 bits per heavy atom. The van der Waals surface area contributed by atoms with Gasteiger partial charge in [0, 0.05) is 31.5 Å². The van der Waals surface area contributed by atoms with E-state index in [1.54, 1.807) is 0 Å². The number of aliphatic hydroxyl groups excluding tert-OH is 1. The number of esters is 1. The Labute approximate surface area is 262 Å². The zero-order valence-electron chi connectivity index (χ0n) is 27.2. The number of alkyl carbamates (subject to hydrolysis) is 1. The minimum Gasteiger partial charge on any atom is -0.489 e. The number of benzene rings is 3. The Balaban J connectivity index is 0.00000259. The highest BCUT2D eigenvalue weighted by molar-refractivity contribution is 5.74. The van der Waals surface area contributed by atoms with Crippen molar-refractivity contribution in [1.29, 1.82) is 0 Å². The number of ether oxygens (including phenoxy) is 3. The van der Waals surface area contributed by atoms with E-state index in [1.165, 1.54) is 12.8 Å². The first kappa shape index (κ1) is 34.5. The van der Waals surface area contributed by atoms with Gasteiger partial charge in [-0.05, 0) is 113 Å². The third-order valence-electron chi connectivity index (χ3n) is 6.50. The van der Waals surface area contributed by atoms with Crippen LogP contribution in [0.4, 0.5) is 10.5 Å². The van der Waals surface area contributed by atoms with E-state index >= 15 is 0 Å². The second kappa shape index (κ2) is 15.6. The average molecular weight is 605 g/mol. The highest BCUT2D eigenvalue weighted by Crippen LogP contribution is 2.31. The molecule has 1 aliphatic carbocycles. The third-order valence-corrected chi connectivity index (χ3v) is 6.50. The summed E-state index contributed by atoms with van der Waals surface area (Å²) in [7, 11) is 1.00. The largest absolute Gasteiger partial charge is 0.489 e. The van der Waals surface area contributed by atoms with Crippen molar-refractivity contribution in [2.24, 2.45) is 5.92 Å². The van der Waals surface area contributed by atoms with Crippen LogP contribution in [0, 0.1) is 5.92 Å². The minimum atomic E-state index is -0.547. The Kier molecular flexibility index (Phi) is 12.2. The highest BCUT2D eigenvalue weighted by atomic mass is 16.6. The van der Waals surface area contributed by atoms with Crippen LogP contribution in [0.25, 0.3) is 11.1 Å². The number of aliphatic hydroxyl groups is 1. The molecule has 0 aliphatic heterocycles. The minimum absolute atomic E-state index is 0.145. The molecule has 1 fully saturated rings. The molecule has 44 heavy (non-hydrogen) atoms. The summed E-state index contributed by atoms with van der Waals surface area (Å²) in [6.07, 6.45) is 2.24. The summed E-state index contributed by atoms with van der Waals surface area (Å²) in [5.41, 5.74) is 4.82. The zero-order valence-corrected chi connectivity index (χ0v) is 27.2. The van der Waals surface area contributed by atoms with Gasteiger partial charge in [0.1, 0.15) is 23.6 Å². The Hall–Kier alpha value is -4.04. The molecule has 3 aromatic rings. The number of rotatable bonds is 11. The van der Waals surface area contributed by atoms with Gasteiger partial charge in [-0.3, -0.25) is 4.79 Å². The first-order valence-corrected chi connectivity index (χ1v) is 15.1. The normalized spacial score (nSPS) is 12.8. The number of para-hydroxylation sites is 1. The van der Waals surface area contributed by atoms with Gasteiger partial charge in [-0.1, -0.05) is 36.4 Å². The maximum Gasteiger partial charge on any atom is 0.407 e. The summed E-state index contributed by atoms with van der Waals surface area (Å²) in [4.78, 5) is 24.6. The van der Waals surface area contributed by atoms with Gasteiger partial charge in [0.05, 0.1) is 6.42 Å². The molecule has 1 aliphatic rings. The van der Waals surface area contributed by atoms with Crippen molar-refractivity contribution in [3.63, 3.8) is 0 Å². The number of carbonyl (C=O) groups is 2. The summed E-state index contributed by atoms with van der Waals surface area (Å²) in [6.45, 7) is 12.8. The van der Waals surface area contributed by atoms with Gasteiger partial charge in [-0.2, -0.15) is 0 Å². The lowest BCUT2D eigenvalue weighted by molar-refractivity contribution is -0.153. The number of anilines is 1. The summed E-state index contributed by atoms with van der Waals surface area (Å²) < 4.78 is 17.2. The highest BCUT2D eigenvalue weighted by Gasteiger charge is 2.21. The second-order valence-electron chi connectivity index (χ2n) is 13.0.